The molecule has 0 bridgehead atoms. The van der Waals surface area contributed by atoms with E-state index in [1.165, 1.54) is 19.2 Å². The summed E-state index contributed by atoms with van der Waals surface area (Å²) in [6.45, 7) is 0.806. The summed E-state index contributed by atoms with van der Waals surface area (Å²) in [6, 6.07) is 3.94. The molecular formula is C12H15NO6. The number of nitro groups is 1. The van der Waals surface area contributed by atoms with Crippen LogP contribution in [0.25, 0.3) is 0 Å². The second kappa shape index (κ2) is 7.32. The van der Waals surface area contributed by atoms with Crippen molar-refractivity contribution < 1.29 is 23.9 Å². The standard InChI is InChI=1S/C12H15NO6/c1-17-6-3-7-19-11-5-4-9(12(14)18-2)8-10(11)13(15)16/h4-5,8H,3,6-7H2,1-2H3. The number of ether oxygens (including phenoxy) is 3. The smallest absolute Gasteiger partial charge is 0.338 e. The van der Waals surface area contributed by atoms with Crippen molar-refractivity contribution >= 4 is 11.7 Å². The quantitative estimate of drug-likeness (QED) is 0.324. The number of nitro benzene ring substituents is 1. The summed E-state index contributed by atoms with van der Waals surface area (Å²) >= 11 is 0. The van der Waals surface area contributed by atoms with Crippen molar-refractivity contribution in [1.29, 1.82) is 0 Å². The zero-order valence-electron chi connectivity index (χ0n) is 10.8. The average Bonchev–Trinajstić information content (AvgIpc) is 2.42. The number of nitrogens with zero attached hydrogens (tertiary/aromatic N) is 1. The van der Waals surface area contributed by atoms with Gasteiger partial charge in [0.15, 0.2) is 5.75 Å². The second-order valence-corrected chi connectivity index (χ2v) is 3.63. The van der Waals surface area contributed by atoms with Crippen LogP contribution in [0.1, 0.15) is 16.8 Å². The molecule has 0 spiro atoms. The van der Waals surface area contributed by atoms with E-state index in [0.717, 1.165) is 6.07 Å². The van der Waals surface area contributed by atoms with E-state index in [1.807, 2.05) is 0 Å². The Balaban J connectivity index is 2.86. The lowest BCUT2D eigenvalue weighted by Gasteiger charge is -2.07. The largest absolute Gasteiger partial charge is 0.487 e. The lowest BCUT2D eigenvalue weighted by atomic mass is 10.2. The van der Waals surface area contributed by atoms with E-state index in [2.05, 4.69) is 4.74 Å². The highest BCUT2D eigenvalue weighted by molar-refractivity contribution is 5.90. The first kappa shape index (κ1) is 14.9. The summed E-state index contributed by atoms with van der Waals surface area (Å²) in [7, 11) is 2.77. The van der Waals surface area contributed by atoms with Gasteiger partial charge in [-0.2, -0.15) is 0 Å². The third-order valence-corrected chi connectivity index (χ3v) is 2.33. The molecule has 1 aromatic carbocycles. The monoisotopic (exact) mass is 269 g/mol. The van der Waals surface area contributed by atoms with Crippen LogP contribution >= 0.6 is 0 Å². The maximum absolute atomic E-state index is 11.3. The van der Waals surface area contributed by atoms with Crippen molar-refractivity contribution in [3.05, 3.63) is 33.9 Å². The van der Waals surface area contributed by atoms with Gasteiger partial charge >= 0.3 is 11.7 Å². The number of hydrogen-bond acceptors (Lipinski definition) is 6. The molecule has 7 nitrogen and oxygen atoms in total. The molecule has 0 saturated carbocycles. The molecule has 0 atom stereocenters. The Morgan fingerprint density at radius 3 is 2.63 bits per heavy atom. The average molecular weight is 269 g/mol. The summed E-state index contributed by atoms with van der Waals surface area (Å²) in [5.74, 6) is -0.511. The Morgan fingerprint density at radius 1 is 1.32 bits per heavy atom. The molecule has 0 radical (unpaired) electrons. The van der Waals surface area contributed by atoms with Crippen molar-refractivity contribution in [3.63, 3.8) is 0 Å². The molecule has 0 heterocycles. The van der Waals surface area contributed by atoms with E-state index >= 15 is 0 Å². The Kier molecular flexibility index (Phi) is 5.74. The normalized spacial score (nSPS) is 10.0. The molecule has 7 heteroatoms. The van der Waals surface area contributed by atoms with Gasteiger partial charge in [0, 0.05) is 26.2 Å². The third-order valence-electron chi connectivity index (χ3n) is 2.33. The molecule has 0 aromatic heterocycles. The Labute approximate surface area is 110 Å². The molecule has 0 saturated heterocycles. The third kappa shape index (κ3) is 4.22. The van der Waals surface area contributed by atoms with Gasteiger partial charge in [0.1, 0.15) is 0 Å². The van der Waals surface area contributed by atoms with Crippen LogP contribution in [-0.2, 0) is 9.47 Å². The van der Waals surface area contributed by atoms with E-state index in [1.54, 1.807) is 7.11 Å². The highest BCUT2D eigenvalue weighted by atomic mass is 16.6. The van der Waals surface area contributed by atoms with E-state index < -0.39 is 10.9 Å². The molecule has 104 valence electrons. The molecule has 0 aliphatic rings. The molecule has 0 aliphatic carbocycles. The van der Waals surface area contributed by atoms with Gasteiger partial charge in [-0.25, -0.2) is 4.79 Å². The minimum atomic E-state index is -0.631. The maximum atomic E-state index is 11.3. The SMILES string of the molecule is COCCCOc1ccc(C(=O)OC)cc1[N+](=O)[O-]. The fraction of sp³-hybridized carbons (Fsp3) is 0.417. The van der Waals surface area contributed by atoms with Crippen LogP contribution < -0.4 is 4.74 Å². The van der Waals surface area contributed by atoms with E-state index in [-0.39, 0.29) is 17.0 Å². The maximum Gasteiger partial charge on any atom is 0.338 e. The van der Waals surface area contributed by atoms with Crippen LogP contribution in [0, 0.1) is 10.1 Å². The van der Waals surface area contributed by atoms with Gasteiger partial charge in [0.25, 0.3) is 0 Å². The highest BCUT2D eigenvalue weighted by Crippen LogP contribution is 2.28. The number of methoxy groups -OCH3 is 2. The molecule has 0 amide bonds. The van der Waals surface area contributed by atoms with Gasteiger partial charge in [0.2, 0.25) is 0 Å². The molecule has 1 rings (SSSR count). The minimum absolute atomic E-state index is 0.110. The number of hydrogen-bond donors (Lipinski definition) is 0. The van der Waals surface area contributed by atoms with Crippen LogP contribution in [0.4, 0.5) is 5.69 Å². The Morgan fingerprint density at radius 2 is 2.05 bits per heavy atom. The Bertz CT molecular complexity index is 460. The van der Waals surface area contributed by atoms with Crippen molar-refractivity contribution in [2.45, 2.75) is 6.42 Å². The fourth-order valence-corrected chi connectivity index (χ4v) is 1.41. The van der Waals surface area contributed by atoms with Crippen molar-refractivity contribution in [2.75, 3.05) is 27.4 Å². The fourth-order valence-electron chi connectivity index (χ4n) is 1.41. The van der Waals surface area contributed by atoms with Crippen LogP contribution in [0.2, 0.25) is 0 Å². The first-order chi connectivity index (χ1) is 9.10. The summed E-state index contributed by atoms with van der Waals surface area (Å²) < 4.78 is 14.6. The lowest BCUT2D eigenvalue weighted by Crippen LogP contribution is -2.06. The first-order valence-corrected chi connectivity index (χ1v) is 5.58. The van der Waals surface area contributed by atoms with Gasteiger partial charge in [-0.05, 0) is 12.1 Å². The van der Waals surface area contributed by atoms with E-state index in [0.29, 0.717) is 19.6 Å². The number of esters is 1. The van der Waals surface area contributed by atoms with Gasteiger partial charge in [-0.15, -0.1) is 0 Å². The molecule has 0 unspecified atom stereocenters. The summed E-state index contributed by atoms with van der Waals surface area (Å²) in [5.41, 5.74) is -0.154. The van der Waals surface area contributed by atoms with Gasteiger partial charge in [-0.3, -0.25) is 10.1 Å². The zero-order valence-corrected chi connectivity index (χ0v) is 10.8. The van der Waals surface area contributed by atoms with Crippen molar-refractivity contribution in [2.24, 2.45) is 0 Å². The topological polar surface area (TPSA) is 87.9 Å². The van der Waals surface area contributed by atoms with Crippen LogP contribution in [0.15, 0.2) is 18.2 Å². The Hall–Kier alpha value is -2.15. The number of carbonyl (C=O) groups excluding carboxylic acids is 1. The summed E-state index contributed by atoms with van der Waals surface area (Å²) in [5, 5.41) is 10.9. The first-order valence-electron chi connectivity index (χ1n) is 5.58. The van der Waals surface area contributed by atoms with Gasteiger partial charge < -0.3 is 14.2 Å². The highest BCUT2D eigenvalue weighted by Gasteiger charge is 2.18. The minimum Gasteiger partial charge on any atom is -0.487 e. The van der Waals surface area contributed by atoms with Crippen molar-refractivity contribution in [3.8, 4) is 5.75 Å². The molecule has 0 N–H and O–H groups in total. The van der Waals surface area contributed by atoms with Crippen LogP contribution in [-0.4, -0.2) is 38.3 Å². The molecular weight excluding hydrogens is 254 g/mol. The second-order valence-electron chi connectivity index (χ2n) is 3.63. The predicted molar refractivity (Wildman–Crippen MR) is 66.4 cm³/mol. The molecule has 1 aromatic rings. The van der Waals surface area contributed by atoms with E-state index in [9.17, 15) is 14.9 Å². The van der Waals surface area contributed by atoms with Crippen LogP contribution in [0.3, 0.4) is 0 Å². The summed E-state index contributed by atoms with van der Waals surface area (Å²) in [6.07, 6.45) is 0.617. The number of rotatable bonds is 7. The van der Waals surface area contributed by atoms with Crippen LogP contribution in [0.5, 0.6) is 5.75 Å². The summed E-state index contributed by atoms with van der Waals surface area (Å²) in [4.78, 5) is 21.6. The van der Waals surface area contributed by atoms with Gasteiger partial charge in [0.05, 0.1) is 24.2 Å². The zero-order chi connectivity index (χ0) is 14.3. The lowest BCUT2D eigenvalue weighted by molar-refractivity contribution is -0.385. The van der Waals surface area contributed by atoms with Crippen molar-refractivity contribution in [1.82, 2.24) is 0 Å². The molecule has 0 aliphatic heterocycles. The number of benzene rings is 1. The van der Waals surface area contributed by atoms with E-state index in [4.69, 9.17) is 9.47 Å². The molecule has 0 fully saturated rings. The number of carbonyl (C=O) groups is 1. The molecule has 19 heavy (non-hydrogen) atoms. The predicted octanol–water partition coefficient (Wildman–Crippen LogP) is 1.80. The van der Waals surface area contributed by atoms with Gasteiger partial charge in [-0.1, -0.05) is 0 Å².